The average Bonchev–Trinajstić information content (AvgIpc) is 2.94. The molecule has 4 aromatic rings. The van der Waals surface area contributed by atoms with Gasteiger partial charge in [0.05, 0.1) is 16.6 Å². The number of piperidine rings is 1. The van der Waals surface area contributed by atoms with E-state index in [1.165, 1.54) is 23.7 Å². The van der Waals surface area contributed by atoms with Crippen molar-refractivity contribution in [1.82, 2.24) is 19.4 Å². The number of rotatable bonds is 1. The molecule has 5 rings (SSSR count). The Labute approximate surface area is 140 Å². The quantitative estimate of drug-likeness (QED) is 0.532. The van der Waals surface area contributed by atoms with E-state index < -0.39 is 0 Å². The Morgan fingerprint density at radius 2 is 1.54 bits per heavy atom. The number of aromatic nitrogens is 3. The van der Waals surface area contributed by atoms with Crippen LogP contribution in [0.25, 0.3) is 33.1 Å². The molecule has 0 bridgehead atoms. The third-order valence-corrected chi connectivity index (χ3v) is 5.25. The molecule has 0 unspecified atom stereocenters. The van der Waals surface area contributed by atoms with E-state index in [1.807, 2.05) is 18.2 Å². The third-order valence-electron chi connectivity index (χ3n) is 5.25. The zero-order valence-corrected chi connectivity index (χ0v) is 13.8. The highest BCUT2D eigenvalue weighted by Gasteiger charge is 2.23. The molecule has 0 N–H and O–H groups in total. The highest BCUT2D eigenvalue weighted by atomic mass is 15.1. The third kappa shape index (κ3) is 2.03. The zero-order valence-electron chi connectivity index (χ0n) is 13.8. The summed E-state index contributed by atoms with van der Waals surface area (Å²) in [4.78, 5) is 12.3. The van der Waals surface area contributed by atoms with Gasteiger partial charge in [-0.1, -0.05) is 30.3 Å². The van der Waals surface area contributed by atoms with E-state index in [0.717, 1.165) is 35.3 Å². The number of hydrogen-bond donors (Lipinski definition) is 0. The smallest absolute Gasteiger partial charge is 0.160 e. The predicted octanol–water partition coefficient (Wildman–Crippen LogP) is 4.00. The first-order valence-electron chi connectivity index (χ1n) is 8.65. The molecular weight excluding hydrogens is 296 g/mol. The van der Waals surface area contributed by atoms with E-state index in [1.54, 1.807) is 0 Å². The highest BCUT2D eigenvalue weighted by Crippen LogP contribution is 2.34. The standard InChI is InChI=1S/C20H20N4/c1-23-12-10-14(11-13-23)24-18-9-5-2-6-15(18)19-20(24)22-17-8-4-3-7-16(17)21-19/h2-9,14H,10-13H2,1H3. The van der Waals surface area contributed by atoms with Crippen LogP contribution in [0.3, 0.4) is 0 Å². The van der Waals surface area contributed by atoms with Crippen LogP contribution in [0.15, 0.2) is 48.5 Å². The molecule has 4 nitrogen and oxygen atoms in total. The summed E-state index contributed by atoms with van der Waals surface area (Å²) in [5.74, 6) is 0. The lowest BCUT2D eigenvalue weighted by molar-refractivity contribution is 0.226. The Balaban J connectivity index is 1.83. The molecule has 0 saturated carbocycles. The van der Waals surface area contributed by atoms with Gasteiger partial charge in [0, 0.05) is 11.4 Å². The average molecular weight is 316 g/mol. The summed E-state index contributed by atoms with van der Waals surface area (Å²) in [7, 11) is 2.20. The van der Waals surface area contributed by atoms with Gasteiger partial charge in [-0.05, 0) is 51.2 Å². The normalized spacial score (nSPS) is 17.2. The molecule has 120 valence electrons. The van der Waals surface area contributed by atoms with E-state index >= 15 is 0 Å². The number of benzene rings is 2. The summed E-state index contributed by atoms with van der Waals surface area (Å²) < 4.78 is 2.44. The van der Waals surface area contributed by atoms with E-state index in [9.17, 15) is 0 Å². The molecule has 1 fully saturated rings. The van der Waals surface area contributed by atoms with Gasteiger partial charge in [-0.2, -0.15) is 0 Å². The van der Waals surface area contributed by atoms with Gasteiger partial charge < -0.3 is 9.47 Å². The molecule has 2 aromatic heterocycles. The zero-order chi connectivity index (χ0) is 16.1. The topological polar surface area (TPSA) is 34.0 Å². The van der Waals surface area contributed by atoms with Gasteiger partial charge >= 0.3 is 0 Å². The Hall–Kier alpha value is -2.46. The van der Waals surface area contributed by atoms with Crippen LogP contribution in [0.2, 0.25) is 0 Å². The van der Waals surface area contributed by atoms with Crippen LogP contribution in [0.1, 0.15) is 18.9 Å². The van der Waals surface area contributed by atoms with Crippen LogP contribution < -0.4 is 0 Å². The minimum absolute atomic E-state index is 0.499. The van der Waals surface area contributed by atoms with Crippen molar-refractivity contribution in [3.8, 4) is 0 Å². The first-order chi connectivity index (χ1) is 11.8. The van der Waals surface area contributed by atoms with Crippen molar-refractivity contribution in [2.75, 3.05) is 20.1 Å². The fraction of sp³-hybridized carbons (Fsp3) is 0.300. The van der Waals surface area contributed by atoms with Gasteiger partial charge in [-0.3, -0.25) is 0 Å². The molecule has 0 atom stereocenters. The molecule has 4 heteroatoms. The van der Waals surface area contributed by atoms with Gasteiger partial charge in [0.15, 0.2) is 5.65 Å². The second-order valence-corrected chi connectivity index (χ2v) is 6.81. The summed E-state index contributed by atoms with van der Waals surface area (Å²) in [6.07, 6.45) is 2.33. The molecule has 1 aliphatic rings. The number of fused-ring (bicyclic) bond motifs is 4. The second kappa shape index (κ2) is 5.28. The second-order valence-electron chi connectivity index (χ2n) is 6.81. The number of nitrogens with zero attached hydrogens (tertiary/aromatic N) is 4. The summed E-state index contributed by atoms with van der Waals surface area (Å²) in [6.45, 7) is 2.28. The Morgan fingerprint density at radius 3 is 2.33 bits per heavy atom. The van der Waals surface area contributed by atoms with Gasteiger partial charge in [0.2, 0.25) is 0 Å². The summed E-state index contributed by atoms with van der Waals surface area (Å²) in [5, 5.41) is 1.21. The lowest BCUT2D eigenvalue weighted by Gasteiger charge is -2.30. The fourth-order valence-corrected chi connectivity index (χ4v) is 3.96. The molecule has 2 aromatic carbocycles. The van der Waals surface area contributed by atoms with Gasteiger partial charge in [-0.15, -0.1) is 0 Å². The summed E-state index contributed by atoms with van der Waals surface area (Å²) in [6, 6.07) is 17.3. The minimum Gasteiger partial charge on any atom is -0.321 e. The molecule has 0 amide bonds. The van der Waals surface area contributed by atoms with Crippen LogP contribution in [0, 0.1) is 0 Å². The van der Waals surface area contributed by atoms with Crippen LogP contribution in [0.5, 0.6) is 0 Å². The van der Waals surface area contributed by atoms with Crippen molar-refractivity contribution < 1.29 is 0 Å². The Kier molecular flexibility index (Phi) is 3.06. The van der Waals surface area contributed by atoms with Crippen LogP contribution in [-0.4, -0.2) is 39.6 Å². The molecule has 1 saturated heterocycles. The van der Waals surface area contributed by atoms with Crippen molar-refractivity contribution >= 4 is 33.1 Å². The maximum atomic E-state index is 5.00. The Morgan fingerprint density at radius 1 is 0.875 bits per heavy atom. The van der Waals surface area contributed by atoms with E-state index in [0.29, 0.717) is 6.04 Å². The van der Waals surface area contributed by atoms with Crippen LogP contribution >= 0.6 is 0 Å². The highest BCUT2D eigenvalue weighted by molar-refractivity contribution is 6.06. The van der Waals surface area contributed by atoms with E-state index in [-0.39, 0.29) is 0 Å². The molecular formula is C20H20N4. The molecule has 24 heavy (non-hydrogen) atoms. The van der Waals surface area contributed by atoms with Gasteiger partial charge in [-0.25, -0.2) is 9.97 Å². The maximum absolute atomic E-state index is 5.00. The van der Waals surface area contributed by atoms with Crippen molar-refractivity contribution in [2.24, 2.45) is 0 Å². The summed E-state index contributed by atoms with van der Waals surface area (Å²) in [5.41, 5.74) is 5.27. The van der Waals surface area contributed by atoms with Gasteiger partial charge in [0.25, 0.3) is 0 Å². The molecule has 1 aliphatic heterocycles. The predicted molar refractivity (Wildman–Crippen MR) is 98.3 cm³/mol. The monoisotopic (exact) mass is 316 g/mol. The van der Waals surface area contributed by atoms with Crippen LogP contribution in [0.4, 0.5) is 0 Å². The van der Waals surface area contributed by atoms with Gasteiger partial charge in [0.1, 0.15) is 5.52 Å². The van der Waals surface area contributed by atoms with E-state index in [2.05, 4.69) is 46.8 Å². The SMILES string of the molecule is CN1CCC(n2c3ccccc3c3nc4ccccc4nc32)CC1. The minimum atomic E-state index is 0.499. The number of para-hydroxylation sites is 3. The fourth-order valence-electron chi connectivity index (χ4n) is 3.96. The molecule has 0 spiro atoms. The summed E-state index contributed by atoms with van der Waals surface area (Å²) >= 11 is 0. The number of hydrogen-bond acceptors (Lipinski definition) is 3. The lowest BCUT2D eigenvalue weighted by atomic mass is 10.1. The largest absolute Gasteiger partial charge is 0.321 e. The van der Waals surface area contributed by atoms with Crippen molar-refractivity contribution in [1.29, 1.82) is 0 Å². The number of likely N-dealkylation sites (tertiary alicyclic amines) is 1. The van der Waals surface area contributed by atoms with E-state index in [4.69, 9.17) is 9.97 Å². The lowest BCUT2D eigenvalue weighted by Crippen LogP contribution is -2.31. The van der Waals surface area contributed by atoms with Crippen molar-refractivity contribution in [3.05, 3.63) is 48.5 Å². The molecule has 0 aliphatic carbocycles. The molecule has 3 heterocycles. The first kappa shape index (κ1) is 13.9. The Bertz CT molecular complexity index is 1040. The maximum Gasteiger partial charge on any atom is 0.160 e. The molecule has 0 radical (unpaired) electrons. The first-order valence-corrected chi connectivity index (χ1v) is 8.65. The van der Waals surface area contributed by atoms with Crippen LogP contribution in [-0.2, 0) is 0 Å². The van der Waals surface area contributed by atoms with Crippen molar-refractivity contribution in [2.45, 2.75) is 18.9 Å². The van der Waals surface area contributed by atoms with Crippen molar-refractivity contribution in [3.63, 3.8) is 0 Å².